The SMILES string of the molecule is C=CC(=O)Nc1ccc(-c2c(-c3ccc(Oc4ncccn4)c(CC)c3)c3c(N)ncnc3n2C)cc1. The predicted molar refractivity (Wildman–Crippen MR) is 144 cm³/mol. The lowest BCUT2D eigenvalue weighted by molar-refractivity contribution is -0.111. The molecule has 3 heterocycles. The van der Waals surface area contributed by atoms with Crippen molar-refractivity contribution >= 4 is 28.4 Å². The number of fused-ring (bicyclic) bond motifs is 1. The number of anilines is 2. The highest BCUT2D eigenvalue weighted by Gasteiger charge is 2.22. The molecule has 2 aromatic carbocycles. The summed E-state index contributed by atoms with van der Waals surface area (Å²) in [5.41, 5.74) is 12.5. The number of aromatic nitrogens is 5. The third-order valence-corrected chi connectivity index (χ3v) is 6.08. The second kappa shape index (κ2) is 9.90. The minimum Gasteiger partial charge on any atom is -0.424 e. The first-order valence-corrected chi connectivity index (χ1v) is 11.7. The van der Waals surface area contributed by atoms with E-state index in [0.717, 1.165) is 45.4 Å². The van der Waals surface area contributed by atoms with Crippen molar-refractivity contribution < 1.29 is 9.53 Å². The standard InChI is InChI=1S/C28H25N7O2/c1-4-17-15-19(9-12-21(17)37-28-30-13-6-14-31-28)23-24-26(29)32-16-33-27(24)35(3)25(23)18-7-10-20(11-8-18)34-22(36)5-2/h5-16H,2,4H2,1,3H3,(H,34,36)(H2,29,32,33). The topological polar surface area (TPSA) is 121 Å². The van der Waals surface area contributed by atoms with Crippen LogP contribution in [0.1, 0.15) is 12.5 Å². The zero-order valence-electron chi connectivity index (χ0n) is 20.5. The zero-order chi connectivity index (χ0) is 25.9. The highest BCUT2D eigenvalue weighted by atomic mass is 16.5. The number of hydrogen-bond donors (Lipinski definition) is 2. The highest BCUT2D eigenvalue weighted by Crippen LogP contribution is 2.43. The van der Waals surface area contributed by atoms with Crippen molar-refractivity contribution in [1.82, 2.24) is 24.5 Å². The van der Waals surface area contributed by atoms with Gasteiger partial charge in [0.25, 0.3) is 0 Å². The molecule has 0 bridgehead atoms. The molecule has 0 aliphatic rings. The summed E-state index contributed by atoms with van der Waals surface area (Å²) in [5.74, 6) is 0.815. The Morgan fingerprint density at radius 2 is 1.81 bits per heavy atom. The van der Waals surface area contributed by atoms with Crippen molar-refractivity contribution in [3.05, 3.63) is 85.5 Å². The smallest absolute Gasteiger partial charge is 0.321 e. The van der Waals surface area contributed by atoms with Gasteiger partial charge in [0, 0.05) is 30.7 Å². The zero-order valence-corrected chi connectivity index (χ0v) is 20.5. The number of rotatable bonds is 7. The lowest BCUT2D eigenvalue weighted by Gasteiger charge is -2.13. The number of benzene rings is 2. The molecule has 3 aromatic heterocycles. The summed E-state index contributed by atoms with van der Waals surface area (Å²) in [4.78, 5) is 28.8. The maximum absolute atomic E-state index is 11.7. The van der Waals surface area contributed by atoms with Crippen molar-refractivity contribution in [2.24, 2.45) is 7.05 Å². The summed E-state index contributed by atoms with van der Waals surface area (Å²) in [5, 5.41) is 3.55. The Bertz CT molecular complexity index is 1610. The number of carbonyl (C=O) groups is 1. The predicted octanol–water partition coefficient (Wildman–Crippen LogP) is 5.15. The Balaban J connectivity index is 1.66. The van der Waals surface area contributed by atoms with Crippen LogP contribution < -0.4 is 15.8 Å². The molecule has 5 aromatic rings. The van der Waals surface area contributed by atoms with Crippen LogP contribution in [0.5, 0.6) is 11.8 Å². The van der Waals surface area contributed by atoms with E-state index in [4.69, 9.17) is 10.5 Å². The van der Waals surface area contributed by atoms with E-state index in [1.54, 1.807) is 18.5 Å². The van der Waals surface area contributed by atoms with E-state index in [2.05, 4.69) is 44.8 Å². The van der Waals surface area contributed by atoms with E-state index < -0.39 is 0 Å². The van der Waals surface area contributed by atoms with Gasteiger partial charge in [0.15, 0.2) is 0 Å². The Labute approximate surface area is 213 Å². The highest BCUT2D eigenvalue weighted by molar-refractivity contribution is 6.08. The molecule has 0 unspecified atom stereocenters. The van der Waals surface area contributed by atoms with E-state index in [0.29, 0.717) is 17.3 Å². The van der Waals surface area contributed by atoms with E-state index in [-0.39, 0.29) is 11.9 Å². The van der Waals surface area contributed by atoms with Crippen LogP contribution in [-0.4, -0.2) is 30.4 Å². The summed E-state index contributed by atoms with van der Waals surface area (Å²) < 4.78 is 7.97. The fourth-order valence-corrected chi connectivity index (χ4v) is 4.35. The van der Waals surface area contributed by atoms with Gasteiger partial charge in [-0.1, -0.05) is 31.7 Å². The number of nitrogens with zero attached hydrogens (tertiary/aromatic N) is 5. The van der Waals surface area contributed by atoms with E-state index in [1.807, 2.05) is 48.0 Å². The molecule has 0 radical (unpaired) electrons. The average Bonchev–Trinajstić information content (AvgIpc) is 3.23. The monoisotopic (exact) mass is 491 g/mol. The van der Waals surface area contributed by atoms with Crippen molar-refractivity contribution in [1.29, 1.82) is 0 Å². The normalized spacial score (nSPS) is 10.9. The van der Waals surface area contributed by atoms with Gasteiger partial charge in [0.2, 0.25) is 5.91 Å². The number of nitrogen functional groups attached to an aromatic ring is 1. The van der Waals surface area contributed by atoms with Crippen LogP contribution in [0.4, 0.5) is 11.5 Å². The first-order valence-electron chi connectivity index (χ1n) is 11.7. The van der Waals surface area contributed by atoms with E-state index >= 15 is 0 Å². The summed E-state index contributed by atoms with van der Waals surface area (Å²) in [6, 6.07) is 15.6. The molecular weight excluding hydrogens is 466 g/mol. The average molecular weight is 492 g/mol. The van der Waals surface area contributed by atoms with Crippen LogP contribution in [0.25, 0.3) is 33.4 Å². The molecule has 0 atom stereocenters. The first kappa shape index (κ1) is 23.7. The minimum absolute atomic E-state index is 0.267. The third-order valence-electron chi connectivity index (χ3n) is 6.08. The van der Waals surface area contributed by atoms with Gasteiger partial charge in [-0.15, -0.1) is 0 Å². The van der Waals surface area contributed by atoms with Gasteiger partial charge in [-0.25, -0.2) is 19.9 Å². The Hall–Kier alpha value is -5.05. The van der Waals surface area contributed by atoms with Gasteiger partial charge < -0.3 is 20.4 Å². The fourth-order valence-electron chi connectivity index (χ4n) is 4.35. The lowest BCUT2D eigenvalue weighted by Crippen LogP contribution is -2.06. The molecule has 9 nitrogen and oxygen atoms in total. The molecule has 0 aliphatic carbocycles. The maximum atomic E-state index is 11.7. The summed E-state index contributed by atoms with van der Waals surface area (Å²) in [7, 11) is 1.95. The molecule has 3 N–H and O–H groups in total. The number of carbonyl (C=O) groups excluding carboxylic acids is 1. The van der Waals surface area contributed by atoms with Gasteiger partial charge in [-0.3, -0.25) is 4.79 Å². The summed E-state index contributed by atoms with van der Waals surface area (Å²) in [6.45, 7) is 5.56. The molecule has 0 fully saturated rings. The number of amides is 1. The molecule has 1 amide bonds. The second-order valence-corrected chi connectivity index (χ2v) is 8.32. The molecule has 0 saturated carbocycles. The molecule has 0 saturated heterocycles. The molecule has 0 spiro atoms. The van der Waals surface area contributed by atoms with Gasteiger partial charge in [-0.05, 0) is 59.5 Å². The second-order valence-electron chi connectivity index (χ2n) is 8.32. The van der Waals surface area contributed by atoms with E-state index in [9.17, 15) is 4.79 Å². The molecule has 0 aliphatic heterocycles. The van der Waals surface area contributed by atoms with Crippen molar-refractivity contribution in [3.63, 3.8) is 0 Å². The van der Waals surface area contributed by atoms with Crippen molar-refractivity contribution in [3.8, 4) is 34.1 Å². The molecule has 5 rings (SSSR count). The summed E-state index contributed by atoms with van der Waals surface area (Å²) >= 11 is 0. The first-order chi connectivity index (χ1) is 18.0. The van der Waals surface area contributed by atoms with Crippen LogP contribution in [0, 0.1) is 0 Å². The fraction of sp³-hybridized carbons (Fsp3) is 0.107. The van der Waals surface area contributed by atoms with Crippen LogP contribution in [0.3, 0.4) is 0 Å². The third kappa shape index (κ3) is 4.50. The van der Waals surface area contributed by atoms with Crippen LogP contribution in [-0.2, 0) is 18.3 Å². The lowest BCUT2D eigenvalue weighted by atomic mass is 9.96. The van der Waals surface area contributed by atoms with Gasteiger partial charge in [0.1, 0.15) is 23.5 Å². The molecule has 37 heavy (non-hydrogen) atoms. The number of nitrogens with one attached hydrogen (secondary N) is 1. The number of hydrogen-bond acceptors (Lipinski definition) is 7. The van der Waals surface area contributed by atoms with Crippen LogP contribution in [0.15, 0.2) is 79.9 Å². The van der Waals surface area contributed by atoms with Crippen molar-refractivity contribution in [2.45, 2.75) is 13.3 Å². The Kier molecular flexibility index (Phi) is 6.34. The molecular formula is C28H25N7O2. The van der Waals surface area contributed by atoms with Crippen LogP contribution >= 0.6 is 0 Å². The number of ether oxygens (including phenoxy) is 1. The Morgan fingerprint density at radius 3 is 2.51 bits per heavy atom. The van der Waals surface area contributed by atoms with Gasteiger partial charge in [-0.2, -0.15) is 0 Å². The van der Waals surface area contributed by atoms with Gasteiger partial charge >= 0.3 is 6.01 Å². The van der Waals surface area contributed by atoms with Crippen LogP contribution in [0.2, 0.25) is 0 Å². The van der Waals surface area contributed by atoms with Crippen molar-refractivity contribution in [2.75, 3.05) is 11.1 Å². The minimum atomic E-state index is -0.267. The van der Waals surface area contributed by atoms with E-state index in [1.165, 1.54) is 12.4 Å². The number of nitrogens with two attached hydrogens (primary N) is 1. The maximum Gasteiger partial charge on any atom is 0.321 e. The molecule has 184 valence electrons. The Morgan fingerprint density at radius 1 is 1.08 bits per heavy atom. The summed E-state index contributed by atoms with van der Waals surface area (Å²) in [6.07, 6.45) is 6.72. The largest absolute Gasteiger partial charge is 0.424 e. The number of aryl methyl sites for hydroxylation is 2. The quantitative estimate of drug-likeness (QED) is 0.302. The molecule has 9 heteroatoms. The van der Waals surface area contributed by atoms with Gasteiger partial charge in [0.05, 0.1) is 11.1 Å².